The van der Waals surface area contributed by atoms with Crippen LogP contribution in [0.25, 0.3) is 0 Å². The van der Waals surface area contributed by atoms with Crippen molar-refractivity contribution in [2.45, 2.75) is 76.5 Å². The van der Waals surface area contributed by atoms with Crippen LogP contribution in [-0.2, 0) is 14.3 Å². The number of rotatable bonds is 7. The topological polar surface area (TPSA) is 73.6 Å². The van der Waals surface area contributed by atoms with Gasteiger partial charge < -0.3 is 20.5 Å². The number of nitrogens with one attached hydrogen (secondary N) is 1. The Labute approximate surface area is 134 Å². The highest BCUT2D eigenvalue weighted by Gasteiger charge is 2.26. The van der Waals surface area contributed by atoms with E-state index in [0.29, 0.717) is 19.1 Å². The second-order valence-corrected chi connectivity index (χ2v) is 6.71. The zero-order valence-corrected chi connectivity index (χ0v) is 13.9. The highest BCUT2D eigenvalue weighted by molar-refractivity contribution is 5.80. The van der Waals surface area contributed by atoms with Crippen molar-refractivity contribution in [2.24, 2.45) is 11.7 Å². The van der Waals surface area contributed by atoms with E-state index in [-0.39, 0.29) is 18.1 Å². The maximum Gasteiger partial charge on any atom is 0.249 e. The largest absolute Gasteiger partial charge is 0.376 e. The summed E-state index contributed by atoms with van der Waals surface area (Å²) < 4.78 is 11.3. The molecule has 3 atom stereocenters. The van der Waals surface area contributed by atoms with Crippen molar-refractivity contribution in [2.75, 3.05) is 19.8 Å². The van der Waals surface area contributed by atoms with Crippen molar-refractivity contribution in [3.63, 3.8) is 0 Å². The van der Waals surface area contributed by atoms with Gasteiger partial charge in [0, 0.05) is 19.2 Å². The lowest BCUT2D eigenvalue weighted by atomic mass is 9.84. The van der Waals surface area contributed by atoms with Crippen molar-refractivity contribution >= 4 is 5.91 Å². The van der Waals surface area contributed by atoms with Gasteiger partial charge >= 0.3 is 0 Å². The Bertz CT molecular complexity index is 326. The molecular formula is C17H32N2O3. The monoisotopic (exact) mass is 312 g/mol. The van der Waals surface area contributed by atoms with Gasteiger partial charge in [0.25, 0.3) is 0 Å². The maximum atomic E-state index is 12.3. The second kappa shape index (κ2) is 9.48. The lowest BCUT2D eigenvalue weighted by Gasteiger charge is -2.31. The highest BCUT2D eigenvalue weighted by atomic mass is 16.5. The van der Waals surface area contributed by atoms with Crippen LogP contribution in [-0.4, -0.2) is 43.9 Å². The Morgan fingerprint density at radius 1 is 1.23 bits per heavy atom. The Balaban J connectivity index is 1.71. The maximum absolute atomic E-state index is 12.3. The van der Waals surface area contributed by atoms with Crippen LogP contribution >= 0.6 is 0 Å². The van der Waals surface area contributed by atoms with E-state index in [4.69, 9.17) is 15.2 Å². The molecule has 0 aromatic heterocycles. The van der Waals surface area contributed by atoms with Crippen molar-refractivity contribution in [3.8, 4) is 0 Å². The minimum atomic E-state index is -0.442. The van der Waals surface area contributed by atoms with Gasteiger partial charge in [-0.15, -0.1) is 0 Å². The molecule has 3 N–H and O–H groups in total. The molecule has 5 heteroatoms. The van der Waals surface area contributed by atoms with Crippen LogP contribution in [0, 0.1) is 5.92 Å². The zero-order valence-electron chi connectivity index (χ0n) is 13.9. The molecule has 1 aliphatic heterocycles. The standard InChI is InChI=1S/C17H32N2O3/c1-13(22-12-15-9-5-6-10-21-15)17(20)19-16(11-18)14-7-3-2-4-8-14/h13-16H,2-12,18H2,1H3,(H,19,20). The second-order valence-electron chi connectivity index (χ2n) is 6.71. The van der Waals surface area contributed by atoms with Crippen molar-refractivity contribution in [1.82, 2.24) is 5.32 Å². The third kappa shape index (κ3) is 5.52. The third-order valence-corrected chi connectivity index (χ3v) is 4.98. The predicted molar refractivity (Wildman–Crippen MR) is 86.6 cm³/mol. The molecule has 2 fully saturated rings. The fourth-order valence-corrected chi connectivity index (χ4v) is 3.47. The Morgan fingerprint density at radius 3 is 2.59 bits per heavy atom. The first kappa shape index (κ1) is 17.7. The van der Waals surface area contributed by atoms with E-state index in [0.717, 1.165) is 19.4 Å². The fourth-order valence-electron chi connectivity index (χ4n) is 3.47. The van der Waals surface area contributed by atoms with Crippen LogP contribution in [0.4, 0.5) is 0 Å². The van der Waals surface area contributed by atoms with Crippen LogP contribution in [0.1, 0.15) is 58.3 Å². The number of hydrogen-bond donors (Lipinski definition) is 2. The molecule has 1 saturated heterocycles. The van der Waals surface area contributed by atoms with Crippen molar-refractivity contribution in [1.29, 1.82) is 0 Å². The van der Waals surface area contributed by atoms with Crippen LogP contribution in [0.2, 0.25) is 0 Å². The van der Waals surface area contributed by atoms with Gasteiger partial charge in [-0.3, -0.25) is 4.79 Å². The number of nitrogens with two attached hydrogens (primary N) is 1. The number of amides is 1. The summed E-state index contributed by atoms with van der Waals surface area (Å²) in [6.07, 6.45) is 9.21. The molecule has 0 radical (unpaired) electrons. The van der Waals surface area contributed by atoms with Gasteiger partial charge in [-0.25, -0.2) is 0 Å². The van der Waals surface area contributed by atoms with Crippen molar-refractivity contribution < 1.29 is 14.3 Å². The van der Waals surface area contributed by atoms with Gasteiger partial charge in [-0.1, -0.05) is 19.3 Å². The fraction of sp³-hybridized carbons (Fsp3) is 0.941. The van der Waals surface area contributed by atoms with E-state index in [2.05, 4.69) is 5.32 Å². The van der Waals surface area contributed by atoms with Gasteiger partial charge in [-0.05, 0) is 44.9 Å². The SMILES string of the molecule is CC(OCC1CCCCO1)C(=O)NC(CN)C1CCCCC1. The van der Waals surface area contributed by atoms with E-state index in [1.165, 1.54) is 38.5 Å². The molecule has 22 heavy (non-hydrogen) atoms. The average Bonchev–Trinajstić information content (AvgIpc) is 2.59. The lowest BCUT2D eigenvalue weighted by molar-refractivity contribution is -0.136. The van der Waals surface area contributed by atoms with Crippen LogP contribution < -0.4 is 11.1 Å². The molecule has 1 heterocycles. The molecule has 3 unspecified atom stereocenters. The zero-order chi connectivity index (χ0) is 15.8. The molecule has 0 aromatic carbocycles. The van der Waals surface area contributed by atoms with Gasteiger partial charge in [0.2, 0.25) is 5.91 Å². The van der Waals surface area contributed by atoms with Gasteiger partial charge in [-0.2, -0.15) is 0 Å². The summed E-state index contributed by atoms with van der Waals surface area (Å²) in [5.41, 5.74) is 5.87. The van der Waals surface area contributed by atoms with Crippen LogP contribution in [0.15, 0.2) is 0 Å². The van der Waals surface area contributed by atoms with Crippen LogP contribution in [0.3, 0.4) is 0 Å². The molecule has 128 valence electrons. The number of carbonyl (C=O) groups is 1. The summed E-state index contributed by atoms with van der Waals surface area (Å²) in [6, 6.07) is 0.0878. The first-order valence-electron chi connectivity index (χ1n) is 8.94. The molecule has 2 rings (SSSR count). The molecule has 1 saturated carbocycles. The molecular weight excluding hydrogens is 280 g/mol. The van der Waals surface area contributed by atoms with E-state index < -0.39 is 6.10 Å². The molecule has 0 aromatic rings. The molecule has 0 bridgehead atoms. The summed E-state index contributed by atoms with van der Waals surface area (Å²) in [5.74, 6) is 0.480. The smallest absolute Gasteiger partial charge is 0.249 e. The Kier molecular flexibility index (Phi) is 7.63. The molecule has 1 aliphatic carbocycles. The van der Waals surface area contributed by atoms with E-state index in [1.807, 2.05) is 6.92 Å². The molecule has 0 spiro atoms. The number of carbonyl (C=O) groups excluding carboxylic acids is 1. The highest BCUT2D eigenvalue weighted by Crippen LogP contribution is 2.26. The van der Waals surface area contributed by atoms with E-state index >= 15 is 0 Å². The number of hydrogen-bond acceptors (Lipinski definition) is 4. The molecule has 2 aliphatic rings. The Hall–Kier alpha value is -0.650. The average molecular weight is 312 g/mol. The normalized spacial score (nSPS) is 26.4. The minimum Gasteiger partial charge on any atom is -0.376 e. The van der Waals surface area contributed by atoms with Gasteiger partial charge in [0.15, 0.2) is 0 Å². The van der Waals surface area contributed by atoms with E-state index in [1.54, 1.807) is 0 Å². The quantitative estimate of drug-likeness (QED) is 0.754. The van der Waals surface area contributed by atoms with Gasteiger partial charge in [0.1, 0.15) is 6.10 Å². The first-order valence-corrected chi connectivity index (χ1v) is 8.94. The first-order chi connectivity index (χ1) is 10.7. The lowest BCUT2D eigenvalue weighted by Crippen LogP contribution is -2.49. The summed E-state index contributed by atoms with van der Waals surface area (Å²) in [5, 5.41) is 3.09. The summed E-state index contributed by atoms with van der Waals surface area (Å²) in [6.45, 7) is 3.64. The van der Waals surface area contributed by atoms with E-state index in [9.17, 15) is 4.79 Å². The third-order valence-electron chi connectivity index (χ3n) is 4.98. The summed E-state index contributed by atoms with van der Waals surface area (Å²) >= 11 is 0. The minimum absolute atomic E-state index is 0.0446. The van der Waals surface area contributed by atoms with Crippen LogP contribution in [0.5, 0.6) is 0 Å². The summed E-state index contributed by atoms with van der Waals surface area (Å²) in [4.78, 5) is 12.3. The molecule has 5 nitrogen and oxygen atoms in total. The molecule has 1 amide bonds. The van der Waals surface area contributed by atoms with Gasteiger partial charge in [0.05, 0.1) is 12.7 Å². The summed E-state index contributed by atoms with van der Waals surface area (Å²) in [7, 11) is 0. The Morgan fingerprint density at radius 2 is 1.95 bits per heavy atom. The van der Waals surface area contributed by atoms with Crippen molar-refractivity contribution in [3.05, 3.63) is 0 Å². The number of ether oxygens (including phenoxy) is 2. The predicted octanol–water partition coefficient (Wildman–Crippen LogP) is 1.98.